The summed E-state index contributed by atoms with van der Waals surface area (Å²) in [5, 5.41) is 9.42. The fourth-order valence-electron chi connectivity index (χ4n) is 0.960. The Balaban J connectivity index is 2.48. The highest BCUT2D eigenvalue weighted by molar-refractivity contribution is 7.99. The first-order valence-electron chi connectivity index (χ1n) is 4.56. The summed E-state index contributed by atoms with van der Waals surface area (Å²) in [5.41, 5.74) is 0.429. The van der Waals surface area contributed by atoms with E-state index in [1.165, 1.54) is 11.8 Å². The number of carbonyl (C=O) groups is 1. The van der Waals surface area contributed by atoms with Crippen LogP contribution in [0.2, 0.25) is 0 Å². The molecule has 0 aliphatic carbocycles. The highest BCUT2D eigenvalue weighted by atomic mass is 32.2. The van der Waals surface area contributed by atoms with E-state index in [9.17, 15) is 4.79 Å². The molecule has 0 amide bonds. The average molecular weight is 224 g/mol. The van der Waals surface area contributed by atoms with Crippen LogP contribution in [-0.2, 0) is 4.79 Å². The van der Waals surface area contributed by atoms with E-state index < -0.39 is 5.97 Å². The molecule has 0 fully saturated rings. The lowest BCUT2D eigenvalue weighted by atomic mass is 10.2. The molecule has 0 spiro atoms. The number of aliphatic carboxylic acids is 1. The number of rotatable bonds is 5. The molecule has 80 valence electrons. The van der Waals surface area contributed by atoms with Crippen LogP contribution in [0.5, 0.6) is 0 Å². The van der Waals surface area contributed by atoms with Gasteiger partial charge in [-0.2, -0.15) is 0 Å². The van der Waals surface area contributed by atoms with E-state index >= 15 is 0 Å². The molecule has 0 aliphatic heterocycles. The topological polar surface area (TPSA) is 63.1 Å². The van der Waals surface area contributed by atoms with Crippen LogP contribution in [-0.4, -0.2) is 26.8 Å². The van der Waals surface area contributed by atoms with Crippen LogP contribution in [0.15, 0.2) is 35.3 Å². The van der Waals surface area contributed by atoms with Gasteiger partial charge < -0.3 is 5.11 Å². The highest BCUT2D eigenvalue weighted by Gasteiger charge is 2.03. The molecule has 1 aromatic heterocycles. The van der Waals surface area contributed by atoms with Gasteiger partial charge >= 0.3 is 5.97 Å². The molecule has 4 nitrogen and oxygen atoms in total. The molecule has 15 heavy (non-hydrogen) atoms. The SMILES string of the molecule is CCC(=CCSc1ncccn1)C(=O)O. The van der Waals surface area contributed by atoms with E-state index in [0.29, 0.717) is 22.9 Å². The number of carboxylic acids is 1. The molecule has 0 saturated carbocycles. The van der Waals surface area contributed by atoms with Crippen molar-refractivity contribution in [3.63, 3.8) is 0 Å². The number of thioether (sulfide) groups is 1. The minimum absolute atomic E-state index is 0.429. The van der Waals surface area contributed by atoms with Crippen LogP contribution in [0.25, 0.3) is 0 Å². The number of hydrogen-bond donors (Lipinski definition) is 1. The van der Waals surface area contributed by atoms with Crippen LogP contribution in [0, 0.1) is 0 Å². The van der Waals surface area contributed by atoms with Gasteiger partial charge in [-0.05, 0) is 12.5 Å². The van der Waals surface area contributed by atoms with Gasteiger partial charge in [0.15, 0.2) is 5.16 Å². The van der Waals surface area contributed by atoms with Crippen LogP contribution >= 0.6 is 11.8 Å². The third-order valence-electron chi connectivity index (χ3n) is 1.74. The van der Waals surface area contributed by atoms with Gasteiger partial charge in [-0.15, -0.1) is 0 Å². The van der Waals surface area contributed by atoms with Crippen molar-refractivity contribution in [1.29, 1.82) is 0 Å². The van der Waals surface area contributed by atoms with Gasteiger partial charge in [0, 0.05) is 23.7 Å². The largest absolute Gasteiger partial charge is 0.478 e. The highest BCUT2D eigenvalue weighted by Crippen LogP contribution is 2.12. The fraction of sp³-hybridized carbons (Fsp3) is 0.300. The van der Waals surface area contributed by atoms with Gasteiger partial charge in [0.1, 0.15) is 0 Å². The lowest BCUT2D eigenvalue weighted by molar-refractivity contribution is -0.132. The molecule has 0 aliphatic rings. The smallest absolute Gasteiger partial charge is 0.331 e. The Morgan fingerprint density at radius 1 is 1.53 bits per heavy atom. The Bertz CT molecular complexity index is 352. The van der Waals surface area contributed by atoms with Gasteiger partial charge in [0.2, 0.25) is 0 Å². The Labute approximate surface area is 92.4 Å². The fourth-order valence-corrected chi connectivity index (χ4v) is 1.66. The predicted octanol–water partition coefficient (Wildman–Crippen LogP) is 1.99. The third-order valence-corrected chi connectivity index (χ3v) is 2.54. The van der Waals surface area contributed by atoms with Crippen molar-refractivity contribution in [2.24, 2.45) is 0 Å². The predicted molar refractivity (Wildman–Crippen MR) is 58.8 cm³/mol. The Kier molecular flexibility index (Phi) is 4.83. The maximum atomic E-state index is 10.7. The maximum absolute atomic E-state index is 10.7. The van der Waals surface area contributed by atoms with Gasteiger partial charge in [-0.25, -0.2) is 14.8 Å². The molecule has 0 atom stereocenters. The summed E-state index contributed by atoms with van der Waals surface area (Å²) >= 11 is 1.42. The van der Waals surface area contributed by atoms with E-state index in [-0.39, 0.29) is 0 Å². The Morgan fingerprint density at radius 2 is 2.20 bits per heavy atom. The molecule has 0 saturated heterocycles. The second-order valence-corrected chi connectivity index (χ2v) is 3.72. The van der Waals surface area contributed by atoms with Crippen molar-refractivity contribution in [3.05, 3.63) is 30.1 Å². The first-order valence-corrected chi connectivity index (χ1v) is 5.54. The third kappa shape index (κ3) is 4.12. The zero-order chi connectivity index (χ0) is 11.1. The van der Waals surface area contributed by atoms with Crippen LogP contribution in [0.1, 0.15) is 13.3 Å². The zero-order valence-corrected chi connectivity index (χ0v) is 9.20. The molecule has 0 bridgehead atoms. The quantitative estimate of drug-likeness (QED) is 0.471. The monoisotopic (exact) mass is 224 g/mol. The molecule has 1 N–H and O–H groups in total. The normalized spacial score (nSPS) is 11.4. The standard InChI is InChI=1S/C10H12N2O2S/c1-2-8(9(13)14)4-7-15-10-11-5-3-6-12-10/h3-6H,2,7H2,1H3,(H,13,14). The number of hydrogen-bond acceptors (Lipinski definition) is 4. The summed E-state index contributed by atoms with van der Waals surface area (Å²) in [7, 11) is 0. The van der Waals surface area contributed by atoms with Gasteiger partial charge in [0.05, 0.1) is 0 Å². The molecule has 0 aromatic carbocycles. The minimum Gasteiger partial charge on any atom is -0.478 e. The maximum Gasteiger partial charge on any atom is 0.331 e. The van der Waals surface area contributed by atoms with Gasteiger partial charge in [-0.1, -0.05) is 24.8 Å². The molecule has 5 heteroatoms. The van der Waals surface area contributed by atoms with Crippen molar-refractivity contribution in [2.45, 2.75) is 18.5 Å². The molecule has 1 heterocycles. The van der Waals surface area contributed by atoms with Gasteiger partial charge in [-0.3, -0.25) is 0 Å². The number of carboxylic acid groups (broad SMARTS) is 1. The lowest BCUT2D eigenvalue weighted by Gasteiger charge is -1.97. The molecular formula is C10H12N2O2S. The summed E-state index contributed by atoms with van der Waals surface area (Å²) < 4.78 is 0. The zero-order valence-electron chi connectivity index (χ0n) is 8.38. The number of nitrogens with zero attached hydrogens (tertiary/aromatic N) is 2. The second kappa shape index (κ2) is 6.19. The average Bonchev–Trinajstić information content (AvgIpc) is 2.25. The van der Waals surface area contributed by atoms with Crippen molar-refractivity contribution >= 4 is 17.7 Å². The first-order chi connectivity index (χ1) is 7.24. The molecular weight excluding hydrogens is 212 g/mol. The summed E-state index contributed by atoms with van der Waals surface area (Å²) in [4.78, 5) is 18.7. The van der Waals surface area contributed by atoms with Crippen molar-refractivity contribution in [3.8, 4) is 0 Å². The van der Waals surface area contributed by atoms with E-state index in [2.05, 4.69) is 9.97 Å². The van der Waals surface area contributed by atoms with E-state index in [1.807, 2.05) is 6.92 Å². The van der Waals surface area contributed by atoms with Gasteiger partial charge in [0.25, 0.3) is 0 Å². The van der Waals surface area contributed by atoms with Crippen LogP contribution < -0.4 is 0 Å². The minimum atomic E-state index is -0.855. The summed E-state index contributed by atoms with van der Waals surface area (Å²) in [6.07, 6.45) is 5.56. The summed E-state index contributed by atoms with van der Waals surface area (Å²) in [6.45, 7) is 1.82. The summed E-state index contributed by atoms with van der Waals surface area (Å²) in [5.74, 6) is -0.272. The van der Waals surface area contributed by atoms with Crippen molar-refractivity contribution in [2.75, 3.05) is 5.75 Å². The number of aromatic nitrogens is 2. The van der Waals surface area contributed by atoms with E-state index in [4.69, 9.17) is 5.11 Å². The molecule has 0 radical (unpaired) electrons. The molecule has 1 aromatic rings. The van der Waals surface area contributed by atoms with Crippen LogP contribution in [0.4, 0.5) is 0 Å². The molecule has 1 rings (SSSR count). The van der Waals surface area contributed by atoms with Crippen molar-refractivity contribution in [1.82, 2.24) is 9.97 Å². The lowest BCUT2D eigenvalue weighted by Crippen LogP contribution is -1.99. The van der Waals surface area contributed by atoms with E-state index in [0.717, 1.165) is 0 Å². The molecule has 0 unspecified atom stereocenters. The van der Waals surface area contributed by atoms with Crippen LogP contribution in [0.3, 0.4) is 0 Å². The first kappa shape index (κ1) is 11.7. The van der Waals surface area contributed by atoms with E-state index in [1.54, 1.807) is 24.5 Å². The Morgan fingerprint density at radius 3 is 2.73 bits per heavy atom. The van der Waals surface area contributed by atoms with Crippen molar-refractivity contribution < 1.29 is 9.90 Å². The Hall–Kier alpha value is -1.36. The summed E-state index contributed by atoms with van der Waals surface area (Å²) in [6, 6.07) is 1.74. The second-order valence-electron chi connectivity index (χ2n) is 2.73.